The second-order valence-corrected chi connectivity index (χ2v) is 5.65. The summed E-state index contributed by atoms with van der Waals surface area (Å²) in [6.45, 7) is 6.94. The lowest BCUT2D eigenvalue weighted by atomic mass is 10.1. The first kappa shape index (κ1) is 14.5. The van der Waals surface area contributed by atoms with Crippen molar-refractivity contribution in [3.63, 3.8) is 0 Å². The van der Waals surface area contributed by atoms with E-state index in [0.717, 1.165) is 37.8 Å². The predicted molar refractivity (Wildman–Crippen MR) is 70.2 cm³/mol. The van der Waals surface area contributed by atoms with Gasteiger partial charge in [-0.25, -0.2) is 0 Å². The van der Waals surface area contributed by atoms with Crippen molar-refractivity contribution in [2.75, 3.05) is 13.1 Å². The molecular formula is C14H27NO2. The lowest BCUT2D eigenvalue weighted by molar-refractivity contribution is -0.137. The standard InChI is InChI=1S/C14H27NO2/c1-12(2)9-11-15(13-7-8-13)10-5-3-4-6-14(16)17/h12-13H,3-11H2,1-2H3,(H,16,17). The zero-order valence-corrected chi connectivity index (χ0v) is 11.3. The molecule has 0 aromatic heterocycles. The molecule has 0 heterocycles. The Balaban J connectivity index is 2.06. The van der Waals surface area contributed by atoms with Crippen LogP contribution >= 0.6 is 0 Å². The first-order chi connectivity index (χ1) is 8.09. The molecule has 1 saturated carbocycles. The van der Waals surface area contributed by atoms with Gasteiger partial charge < -0.3 is 10.0 Å². The van der Waals surface area contributed by atoms with Crippen molar-refractivity contribution in [2.45, 2.75) is 64.8 Å². The van der Waals surface area contributed by atoms with Gasteiger partial charge in [-0.15, -0.1) is 0 Å². The fourth-order valence-corrected chi connectivity index (χ4v) is 2.11. The summed E-state index contributed by atoms with van der Waals surface area (Å²) in [5.74, 6) is 0.118. The van der Waals surface area contributed by atoms with Crippen molar-refractivity contribution in [3.05, 3.63) is 0 Å². The van der Waals surface area contributed by atoms with E-state index in [1.165, 1.54) is 25.8 Å². The molecule has 0 bridgehead atoms. The topological polar surface area (TPSA) is 40.5 Å². The quantitative estimate of drug-likeness (QED) is 0.597. The van der Waals surface area contributed by atoms with Crippen LogP contribution in [0.5, 0.6) is 0 Å². The van der Waals surface area contributed by atoms with Gasteiger partial charge in [-0.05, 0) is 51.1 Å². The van der Waals surface area contributed by atoms with Crippen LogP contribution in [0.3, 0.4) is 0 Å². The zero-order chi connectivity index (χ0) is 12.7. The van der Waals surface area contributed by atoms with E-state index >= 15 is 0 Å². The molecule has 0 saturated heterocycles. The van der Waals surface area contributed by atoms with E-state index in [1.807, 2.05) is 0 Å². The molecule has 0 aliphatic heterocycles. The van der Waals surface area contributed by atoms with Crippen molar-refractivity contribution in [2.24, 2.45) is 5.92 Å². The summed E-state index contributed by atoms with van der Waals surface area (Å²) in [7, 11) is 0. The van der Waals surface area contributed by atoms with Crippen LogP contribution in [0.15, 0.2) is 0 Å². The molecule has 1 N–H and O–H groups in total. The fourth-order valence-electron chi connectivity index (χ4n) is 2.11. The van der Waals surface area contributed by atoms with E-state index in [9.17, 15) is 4.79 Å². The van der Waals surface area contributed by atoms with Gasteiger partial charge >= 0.3 is 5.97 Å². The van der Waals surface area contributed by atoms with Gasteiger partial charge in [-0.3, -0.25) is 4.79 Å². The highest BCUT2D eigenvalue weighted by molar-refractivity contribution is 5.66. The molecule has 3 nitrogen and oxygen atoms in total. The number of rotatable bonds is 10. The zero-order valence-electron chi connectivity index (χ0n) is 11.3. The molecule has 1 fully saturated rings. The molecule has 0 amide bonds. The van der Waals surface area contributed by atoms with E-state index in [-0.39, 0.29) is 0 Å². The first-order valence-electron chi connectivity index (χ1n) is 7.05. The fraction of sp³-hybridized carbons (Fsp3) is 0.929. The molecule has 3 heteroatoms. The molecule has 0 atom stereocenters. The maximum Gasteiger partial charge on any atom is 0.303 e. The van der Waals surface area contributed by atoms with Crippen LogP contribution in [0, 0.1) is 5.92 Å². The average molecular weight is 241 g/mol. The minimum Gasteiger partial charge on any atom is -0.481 e. The lowest BCUT2D eigenvalue weighted by Crippen LogP contribution is -2.29. The number of nitrogens with zero attached hydrogens (tertiary/aromatic N) is 1. The normalized spacial score (nSPS) is 15.8. The Morgan fingerprint density at radius 3 is 2.47 bits per heavy atom. The number of aliphatic carboxylic acids is 1. The highest BCUT2D eigenvalue weighted by Gasteiger charge is 2.27. The molecule has 100 valence electrons. The first-order valence-corrected chi connectivity index (χ1v) is 7.05. The lowest BCUT2D eigenvalue weighted by Gasteiger charge is -2.22. The molecular weight excluding hydrogens is 214 g/mol. The van der Waals surface area contributed by atoms with Crippen LogP contribution in [0.1, 0.15) is 58.8 Å². The maximum atomic E-state index is 10.4. The molecule has 0 aromatic carbocycles. The molecule has 0 unspecified atom stereocenters. The SMILES string of the molecule is CC(C)CCN(CCCCCC(=O)O)C1CC1. The van der Waals surface area contributed by atoms with Crippen molar-refractivity contribution in [1.29, 1.82) is 0 Å². The van der Waals surface area contributed by atoms with Crippen LogP contribution in [-0.2, 0) is 4.79 Å². The minimum absolute atomic E-state index is 0.329. The Labute approximate surface area is 105 Å². The van der Waals surface area contributed by atoms with E-state index in [2.05, 4.69) is 18.7 Å². The maximum absolute atomic E-state index is 10.4. The summed E-state index contributed by atoms with van der Waals surface area (Å²) in [5.41, 5.74) is 0. The van der Waals surface area contributed by atoms with Gasteiger partial charge in [-0.1, -0.05) is 20.3 Å². The van der Waals surface area contributed by atoms with Crippen molar-refractivity contribution < 1.29 is 9.90 Å². The number of carbonyl (C=O) groups is 1. The molecule has 0 aromatic rings. The molecule has 1 aliphatic carbocycles. The summed E-state index contributed by atoms with van der Waals surface area (Å²) in [5, 5.41) is 8.56. The van der Waals surface area contributed by atoms with Gasteiger partial charge in [0.2, 0.25) is 0 Å². The predicted octanol–water partition coefficient (Wildman–Crippen LogP) is 3.14. The third kappa shape index (κ3) is 7.37. The van der Waals surface area contributed by atoms with Gasteiger partial charge in [-0.2, -0.15) is 0 Å². The van der Waals surface area contributed by atoms with E-state index in [0.29, 0.717) is 6.42 Å². The summed E-state index contributed by atoms with van der Waals surface area (Å²) < 4.78 is 0. The Morgan fingerprint density at radius 1 is 1.24 bits per heavy atom. The summed E-state index contributed by atoms with van der Waals surface area (Å²) in [6, 6.07) is 0.841. The molecule has 1 rings (SSSR count). The van der Waals surface area contributed by atoms with Crippen LogP contribution in [0.25, 0.3) is 0 Å². The monoisotopic (exact) mass is 241 g/mol. The third-order valence-corrected chi connectivity index (χ3v) is 3.39. The number of carboxylic acids is 1. The van der Waals surface area contributed by atoms with Gasteiger partial charge in [0.25, 0.3) is 0 Å². The third-order valence-electron chi connectivity index (χ3n) is 3.39. The van der Waals surface area contributed by atoms with E-state index in [1.54, 1.807) is 0 Å². The van der Waals surface area contributed by atoms with Gasteiger partial charge in [0.1, 0.15) is 0 Å². The largest absolute Gasteiger partial charge is 0.481 e. The second-order valence-electron chi connectivity index (χ2n) is 5.65. The number of hydrogen-bond donors (Lipinski definition) is 1. The molecule has 1 aliphatic rings. The average Bonchev–Trinajstić information content (AvgIpc) is 3.05. The molecule has 0 spiro atoms. The minimum atomic E-state index is -0.663. The summed E-state index contributed by atoms with van der Waals surface area (Å²) in [4.78, 5) is 13.0. The van der Waals surface area contributed by atoms with Crippen LogP contribution < -0.4 is 0 Å². The Hall–Kier alpha value is -0.570. The van der Waals surface area contributed by atoms with Crippen LogP contribution in [0.2, 0.25) is 0 Å². The Morgan fingerprint density at radius 2 is 1.94 bits per heavy atom. The van der Waals surface area contributed by atoms with Gasteiger partial charge in [0.05, 0.1) is 0 Å². The molecule has 0 radical (unpaired) electrons. The van der Waals surface area contributed by atoms with Crippen molar-refractivity contribution >= 4 is 5.97 Å². The smallest absolute Gasteiger partial charge is 0.303 e. The number of carboxylic acid groups (broad SMARTS) is 1. The van der Waals surface area contributed by atoms with E-state index < -0.39 is 5.97 Å². The molecule has 17 heavy (non-hydrogen) atoms. The Kier molecular flexibility index (Phi) is 6.56. The summed E-state index contributed by atoms with van der Waals surface area (Å²) in [6.07, 6.45) is 7.39. The van der Waals surface area contributed by atoms with Crippen LogP contribution in [-0.4, -0.2) is 35.1 Å². The van der Waals surface area contributed by atoms with E-state index in [4.69, 9.17) is 5.11 Å². The number of unbranched alkanes of at least 4 members (excludes halogenated alkanes) is 2. The van der Waals surface area contributed by atoms with Crippen molar-refractivity contribution in [3.8, 4) is 0 Å². The number of hydrogen-bond acceptors (Lipinski definition) is 2. The summed E-state index contributed by atoms with van der Waals surface area (Å²) >= 11 is 0. The van der Waals surface area contributed by atoms with Crippen molar-refractivity contribution in [1.82, 2.24) is 4.90 Å². The van der Waals surface area contributed by atoms with Gasteiger partial charge in [0.15, 0.2) is 0 Å². The highest BCUT2D eigenvalue weighted by atomic mass is 16.4. The van der Waals surface area contributed by atoms with Gasteiger partial charge in [0, 0.05) is 12.5 Å². The second kappa shape index (κ2) is 7.70. The Bertz CT molecular complexity index is 224. The highest BCUT2D eigenvalue weighted by Crippen LogP contribution is 2.27. The van der Waals surface area contributed by atoms with Crippen LogP contribution in [0.4, 0.5) is 0 Å².